The number of pyridine rings is 1. The van der Waals surface area contributed by atoms with Gasteiger partial charge >= 0.3 is 0 Å². The Balaban J connectivity index is 1.38. The van der Waals surface area contributed by atoms with Crippen molar-refractivity contribution in [2.75, 3.05) is 18.0 Å². The van der Waals surface area contributed by atoms with Gasteiger partial charge in [-0.15, -0.1) is 5.10 Å². The molecule has 0 unspecified atom stereocenters. The van der Waals surface area contributed by atoms with Gasteiger partial charge in [-0.2, -0.15) is 0 Å². The number of hydrogen-bond acceptors (Lipinski definition) is 7. The zero-order valence-electron chi connectivity index (χ0n) is 13.1. The minimum atomic E-state index is -0.0598. The molecular weight excluding hydrogens is 308 g/mol. The molecule has 0 radical (unpaired) electrons. The van der Waals surface area contributed by atoms with Crippen molar-refractivity contribution in [3.8, 4) is 0 Å². The second-order valence-electron chi connectivity index (χ2n) is 5.72. The summed E-state index contributed by atoms with van der Waals surface area (Å²) >= 11 is 0. The molecule has 4 rings (SSSR count). The van der Waals surface area contributed by atoms with E-state index in [1.165, 1.54) is 6.33 Å². The normalized spacial score (nSPS) is 14.6. The van der Waals surface area contributed by atoms with Crippen molar-refractivity contribution >= 4 is 22.9 Å². The molecule has 1 N–H and O–H groups in total. The van der Waals surface area contributed by atoms with Crippen LogP contribution in [0.1, 0.15) is 5.69 Å². The summed E-state index contributed by atoms with van der Waals surface area (Å²) in [5.74, 6) is 0.693. The quantitative estimate of drug-likeness (QED) is 0.715. The SMILES string of the molecule is Cn1nnc2c(N3CC(C(=O)NCc4ccccn4)C3)ncnc21. The standard InChI is InChI=1S/C15H16N8O/c1-22-13-12(20-21-22)14(19-9-18-13)23-7-10(8-23)15(24)17-6-11-4-2-3-5-16-11/h2-5,9-10H,6-8H2,1H3,(H,17,24). The van der Waals surface area contributed by atoms with Crippen molar-refractivity contribution in [2.24, 2.45) is 13.0 Å². The van der Waals surface area contributed by atoms with Crippen LogP contribution in [-0.2, 0) is 18.4 Å². The maximum absolute atomic E-state index is 12.2. The van der Waals surface area contributed by atoms with E-state index in [9.17, 15) is 4.79 Å². The van der Waals surface area contributed by atoms with Crippen LogP contribution in [0.15, 0.2) is 30.7 Å². The molecule has 1 saturated heterocycles. The minimum Gasteiger partial charge on any atom is -0.353 e. The van der Waals surface area contributed by atoms with Crippen LogP contribution in [0.2, 0.25) is 0 Å². The molecule has 3 aromatic heterocycles. The molecule has 122 valence electrons. The summed E-state index contributed by atoms with van der Waals surface area (Å²) in [6.07, 6.45) is 3.21. The predicted molar refractivity (Wildman–Crippen MR) is 85.9 cm³/mol. The molecule has 3 aromatic rings. The average Bonchev–Trinajstić information content (AvgIpc) is 2.95. The zero-order chi connectivity index (χ0) is 16.5. The van der Waals surface area contributed by atoms with Gasteiger partial charge < -0.3 is 10.2 Å². The van der Waals surface area contributed by atoms with E-state index >= 15 is 0 Å². The maximum Gasteiger partial charge on any atom is 0.227 e. The summed E-state index contributed by atoms with van der Waals surface area (Å²) in [5.41, 5.74) is 2.19. The Bertz CT molecular complexity index is 872. The number of rotatable bonds is 4. The van der Waals surface area contributed by atoms with Gasteiger partial charge in [-0.25, -0.2) is 14.6 Å². The fourth-order valence-corrected chi connectivity index (χ4v) is 2.71. The van der Waals surface area contributed by atoms with Crippen LogP contribution in [0.3, 0.4) is 0 Å². The molecule has 4 heterocycles. The van der Waals surface area contributed by atoms with Gasteiger partial charge in [0.25, 0.3) is 0 Å². The molecule has 0 bridgehead atoms. The molecule has 0 spiro atoms. The fourth-order valence-electron chi connectivity index (χ4n) is 2.71. The number of aryl methyl sites for hydroxylation is 1. The third-order valence-electron chi connectivity index (χ3n) is 4.09. The third-order valence-corrected chi connectivity index (χ3v) is 4.09. The number of aromatic nitrogens is 6. The van der Waals surface area contributed by atoms with Gasteiger partial charge in [0.1, 0.15) is 6.33 Å². The van der Waals surface area contributed by atoms with Crippen LogP contribution < -0.4 is 10.2 Å². The van der Waals surface area contributed by atoms with Gasteiger partial charge in [-0.05, 0) is 12.1 Å². The Labute approximate surface area is 137 Å². The zero-order valence-corrected chi connectivity index (χ0v) is 13.1. The number of carbonyl (C=O) groups excluding carboxylic acids is 1. The van der Waals surface area contributed by atoms with Crippen LogP contribution in [0, 0.1) is 5.92 Å². The Morgan fingerprint density at radius 2 is 2.17 bits per heavy atom. The van der Waals surface area contributed by atoms with E-state index in [1.54, 1.807) is 17.9 Å². The van der Waals surface area contributed by atoms with Crippen LogP contribution in [0.25, 0.3) is 11.2 Å². The largest absolute Gasteiger partial charge is 0.353 e. The first kappa shape index (κ1) is 14.5. The number of nitrogens with zero attached hydrogens (tertiary/aromatic N) is 7. The number of hydrogen-bond donors (Lipinski definition) is 1. The highest BCUT2D eigenvalue weighted by molar-refractivity contribution is 5.86. The van der Waals surface area contributed by atoms with Gasteiger partial charge in [0.05, 0.1) is 18.2 Å². The molecule has 9 nitrogen and oxygen atoms in total. The van der Waals surface area contributed by atoms with Crippen LogP contribution in [0.4, 0.5) is 5.82 Å². The monoisotopic (exact) mass is 324 g/mol. The summed E-state index contributed by atoms with van der Waals surface area (Å²) < 4.78 is 1.61. The first-order valence-corrected chi connectivity index (χ1v) is 7.65. The fraction of sp³-hybridized carbons (Fsp3) is 0.333. The van der Waals surface area contributed by atoms with E-state index in [1.807, 2.05) is 23.1 Å². The van der Waals surface area contributed by atoms with E-state index < -0.39 is 0 Å². The molecule has 0 aromatic carbocycles. The number of nitrogens with one attached hydrogen (secondary N) is 1. The highest BCUT2D eigenvalue weighted by Crippen LogP contribution is 2.27. The van der Waals surface area contributed by atoms with Crippen molar-refractivity contribution < 1.29 is 4.79 Å². The molecule has 24 heavy (non-hydrogen) atoms. The molecule has 1 fully saturated rings. The molecule has 1 amide bonds. The molecule has 0 saturated carbocycles. The molecule has 0 aliphatic carbocycles. The van der Waals surface area contributed by atoms with E-state index in [0.717, 1.165) is 11.5 Å². The van der Waals surface area contributed by atoms with Gasteiger partial charge in [-0.1, -0.05) is 11.3 Å². The lowest BCUT2D eigenvalue weighted by molar-refractivity contribution is -0.125. The van der Waals surface area contributed by atoms with Gasteiger partial charge in [0, 0.05) is 26.3 Å². The van der Waals surface area contributed by atoms with Gasteiger partial charge in [-0.3, -0.25) is 9.78 Å². The lowest BCUT2D eigenvalue weighted by Crippen LogP contribution is -2.54. The van der Waals surface area contributed by atoms with E-state index in [2.05, 4.69) is 30.6 Å². The van der Waals surface area contributed by atoms with Crippen molar-refractivity contribution in [3.05, 3.63) is 36.4 Å². The highest BCUT2D eigenvalue weighted by Gasteiger charge is 2.34. The summed E-state index contributed by atoms with van der Waals surface area (Å²) in [5, 5.41) is 11.0. The van der Waals surface area contributed by atoms with Crippen molar-refractivity contribution in [2.45, 2.75) is 6.54 Å². The minimum absolute atomic E-state index is 0.0290. The Hall–Kier alpha value is -3.10. The second-order valence-corrected chi connectivity index (χ2v) is 5.72. The van der Waals surface area contributed by atoms with Crippen molar-refractivity contribution in [1.29, 1.82) is 0 Å². The molecule has 0 atom stereocenters. The van der Waals surface area contributed by atoms with Crippen LogP contribution >= 0.6 is 0 Å². The summed E-state index contributed by atoms with van der Waals surface area (Å²) in [7, 11) is 1.79. The van der Waals surface area contributed by atoms with Crippen LogP contribution in [-0.4, -0.2) is 48.9 Å². The lowest BCUT2D eigenvalue weighted by atomic mass is 9.99. The first-order valence-electron chi connectivity index (χ1n) is 7.65. The highest BCUT2D eigenvalue weighted by atomic mass is 16.2. The van der Waals surface area contributed by atoms with E-state index in [4.69, 9.17) is 0 Å². The van der Waals surface area contributed by atoms with E-state index in [0.29, 0.717) is 30.8 Å². The average molecular weight is 324 g/mol. The van der Waals surface area contributed by atoms with Gasteiger partial charge in [0.2, 0.25) is 5.91 Å². The second kappa shape index (κ2) is 5.84. The summed E-state index contributed by atoms with van der Waals surface area (Å²) in [6, 6.07) is 5.64. The van der Waals surface area contributed by atoms with E-state index in [-0.39, 0.29) is 11.8 Å². The summed E-state index contributed by atoms with van der Waals surface area (Å²) in [4.78, 5) is 26.9. The van der Waals surface area contributed by atoms with Gasteiger partial charge in [0.15, 0.2) is 17.0 Å². The topological polar surface area (TPSA) is 102 Å². The van der Waals surface area contributed by atoms with Crippen molar-refractivity contribution in [3.63, 3.8) is 0 Å². The lowest BCUT2D eigenvalue weighted by Gasteiger charge is -2.38. The van der Waals surface area contributed by atoms with Crippen molar-refractivity contribution in [1.82, 2.24) is 35.3 Å². The third kappa shape index (κ3) is 2.53. The smallest absolute Gasteiger partial charge is 0.227 e. The van der Waals surface area contributed by atoms with Crippen LogP contribution in [0.5, 0.6) is 0 Å². The molecular formula is C15H16N8O. The molecule has 1 aliphatic rings. The number of anilines is 1. The molecule has 9 heteroatoms. The predicted octanol–water partition coefficient (Wildman–Crippen LogP) is -0.0941. The Morgan fingerprint density at radius 1 is 1.29 bits per heavy atom. The Morgan fingerprint density at radius 3 is 2.96 bits per heavy atom. The Kier molecular flexibility index (Phi) is 3.52. The number of amides is 1. The molecule has 1 aliphatic heterocycles. The summed E-state index contributed by atoms with van der Waals surface area (Å²) in [6.45, 7) is 1.66. The number of carbonyl (C=O) groups is 1. The number of fused-ring (bicyclic) bond motifs is 1. The maximum atomic E-state index is 12.2. The first-order chi connectivity index (χ1) is 11.7.